The van der Waals surface area contributed by atoms with Gasteiger partial charge in [0.25, 0.3) is 0 Å². The van der Waals surface area contributed by atoms with Gasteiger partial charge in [-0.3, -0.25) is 4.90 Å². The van der Waals surface area contributed by atoms with Crippen molar-refractivity contribution in [2.75, 3.05) is 26.2 Å². The predicted molar refractivity (Wildman–Crippen MR) is 132 cm³/mol. The van der Waals surface area contributed by atoms with E-state index in [0.717, 1.165) is 41.8 Å². The third-order valence-corrected chi connectivity index (χ3v) is 6.85. The van der Waals surface area contributed by atoms with Crippen molar-refractivity contribution in [2.24, 2.45) is 5.92 Å². The van der Waals surface area contributed by atoms with Crippen LogP contribution < -0.4 is 10.6 Å². The molecule has 0 aliphatic carbocycles. The van der Waals surface area contributed by atoms with Gasteiger partial charge in [0.1, 0.15) is 0 Å². The number of nitrogens with zero attached hydrogens (tertiary/aromatic N) is 1. The summed E-state index contributed by atoms with van der Waals surface area (Å²) in [4.78, 5) is 13.9. The molecule has 5 atom stereocenters. The molecule has 2 aromatic rings. The Morgan fingerprint density at radius 2 is 1.71 bits per heavy atom. The minimum atomic E-state index is -0.531. The first kappa shape index (κ1) is 25.6. The Morgan fingerprint density at radius 3 is 2.34 bits per heavy atom. The van der Waals surface area contributed by atoms with Gasteiger partial charge in [-0.15, -0.1) is 0 Å². The fraction of sp³-hybridized carbons (Fsp3) is 0.519. The van der Waals surface area contributed by atoms with Gasteiger partial charge in [0.2, 0.25) is 0 Å². The summed E-state index contributed by atoms with van der Waals surface area (Å²) < 4.78 is 13.0. The number of ether oxygens (including phenoxy) is 2. The highest BCUT2D eigenvalue weighted by Crippen LogP contribution is 2.42. The number of carbonyl (C=O) groups excluding carboxylic acids is 1. The molecule has 2 aliphatic rings. The summed E-state index contributed by atoms with van der Waals surface area (Å²) in [5.74, 6) is 0.101. The van der Waals surface area contributed by atoms with Gasteiger partial charge in [0.15, 0.2) is 6.29 Å². The lowest BCUT2D eigenvalue weighted by Gasteiger charge is -2.42. The van der Waals surface area contributed by atoms with Crippen molar-refractivity contribution in [2.45, 2.75) is 58.0 Å². The molecule has 0 spiro atoms. The Labute approximate surface area is 207 Å². The van der Waals surface area contributed by atoms with Crippen LogP contribution in [0.15, 0.2) is 48.5 Å². The lowest BCUT2D eigenvalue weighted by Crippen LogP contribution is -2.44. The molecule has 2 aliphatic heterocycles. The standard InChI is InChI=1S/C27H37N3O5/c1-3-28-27(33)29-14-19-4-10-22(11-5-19)26-34-24(16-30-13-12-23(32)15-30)18(2)25(35-26)21-8-6-20(17-31)7-9-21/h4-11,18,23-26,31-32H,3,12-17H2,1-2H3,(H2,28,29,33). The molecule has 8 nitrogen and oxygen atoms in total. The highest BCUT2D eigenvalue weighted by atomic mass is 16.7. The predicted octanol–water partition coefficient (Wildman–Crippen LogP) is 2.86. The van der Waals surface area contributed by atoms with Gasteiger partial charge in [0.05, 0.1) is 24.9 Å². The van der Waals surface area contributed by atoms with Gasteiger partial charge >= 0.3 is 6.03 Å². The molecule has 2 aromatic carbocycles. The van der Waals surface area contributed by atoms with E-state index in [9.17, 15) is 15.0 Å². The van der Waals surface area contributed by atoms with Crippen molar-refractivity contribution < 1.29 is 24.5 Å². The summed E-state index contributed by atoms with van der Waals surface area (Å²) >= 11 is 0. The van der Waals surface area contributed by atoms with Crippen molar-refractivity contribution in [1.29, 1.82) is 0 Å². The molecule has 2 fully saturated rings. The summed E-state index contributed by atoms with van der Waals surface area (Å²) in [5.41, 5.74) is 3.83. The van der Waals surface area contributed by atoms with E-state index < -0.39 is 6.29 Å². The third kappa shape index (κ3) is 6.59. The maximum Gasteiger partial charge on any atom is 0.315 e. The molecule has 5 unspecified atom stereocenters. The summed E-state index contributed by atoms with van der Waals surface area (Å²) in [5, 5.41) is 25.0. The normalized spacial score (nSPS) is 27.0. The van der Waals surface area contributed by atoms with Crippen molar-refractivity contribution in [1.82, 2.24) is 15.5 Å². The van der Waals surface area contributed by atoms with Gasteiger partial charge < -0.3 is 30.3 Å². The summed E-state index contributed by atoms with van der Waals surface area (Å²) in [7, 11) is 0. The maximum atomic E-state index is 11.7. The second-order valence-electron chi connectivity index (χ2n) is 9.48. The number of hydrogen-bond acceptors (Lipinski definition) is 6. The summed E-state index contributed by atoms with van der Waals surface area (Å²) in [6.45, 7) is 7.33. The zero-order valence-corrected chi connectivity index (χ0v) is 20.5. The van der Waals surface area contributed by atoms with Crippen LogP contribution in [0.2, 0.25) is 0 Å². The third-order valence-electron chi connectivity index (χ3n) is 6.85. The highest BCUT2D eigenvalue weighted by molar-refractivity contribution is 5.73. The van der Waals surface area contributed by atoms with Crippen LogP contribution >= 0.6 is 0 Å². The van der Waals surface area contributed by atoms with E-state index in [1.807, 2.05) is 55.5 Å². The van der Waals surface area contributed by atoms with Crippen LogP contribution in [0.1, 0.15) is 54.9 Å². The van der Waals surface area contributed by atoms with E-state index >= 15 is 0 Å². The quantitative estimate of drug-likeness (QED) is 0.461. The summed E-state index contributed by atoms with van der Waals surface area (Å²) in [6.07, 6.45) is -0.252. The maximum absolute atomic E-state index is 11.7. The molecule has 0 bridgehead atoms. The Kier molecular flexibility index (Phi) is 8.75. The van der Waals surface area contributed by atoms with Crippen LogP contribution in [-0.2, 0) is 22.6 Å². The molecule has 8 heteroatoms. The van der Waals surface area contributed by atoms with Crippen molar-refractivity contribution in [3.8, 4) is 0 Å². The van der Waals surface area contributed by atoms with Crippen LogP contribution in [0.5, 0.6) is 0 Å². The lowest BCUT2D eigenvalue weighted by molar-refractivity contribution is -0.276. The van der Waals surface area contributed by atoms with Crippen LogP contribution in [0.3, 0.4) is 0 Å². The molecule has 35 heavy (non-hydrogen) atoms. The minimum Gasteiger partial charge on any atom is -0.392 e. The molecule has 190 valence electrons. The van der Waals surface area contributed by atoms with E-state index in [0.29, 0.717) is 19.6 Å². The number of aliphatic hydroxyl groups excluding tert-OH is 2. The number of likely N-dealkylation sites (tertiary alicyclic amines) is 1. The van der Waals surface area contributed by atoms with Gasteiger partial charge in [-0.1, -0.05) is 55.5 Å². The molecule has 0 saturated carbocycles. The molecule has 4 rings (SSSR count). The number of nitrogens with one attached hydrogen (secondary N) is 2. The molecule has 2 amide bonds. The number of rotatable bonds is 8. The van der Waals surface area contributed by atoms with E-state index in [1.54, 1.807) is 0 Å². The number of amides is 2. The SMILES string of the molecule is CCNC(=O)NCc1ccc(C2OC(CN3CCC(O)C3)C(C)C(c3ccc(CO)cc3)O2)cc1. The van der Waals surface area contributed by atoms with Crippen molar-refractivity contribution >= 4 is 6.03 Å². The van der Waals surface area contributed by atoms with Crippen LogP contribution in [0.25, 0.3) is 0 Å². The largest absolute Gasteiger partial charge is 0.392 e. The smallest absolute Gasteiger partial charge is 0.315 e. The van der Waals surface area contributed by atoms with E-state index in [-0.39, 0.29) is 36.9 Å². The minimum absolute atomic E-state index is 0.00825. The topological polar surface area (TPSA) is 103 Å². The van der Waals surface area contributed by atoms with Gasteiger partial charge in [-0.05, 0) is 30.0 Å². The number of benzene rings is 2. The number of hydrogen-bond donors (Lipinski definition) is 4. The van der Waals surface area contributed by atoms with Crippen LogP contribution in [-0.4, -0.2) is 59.5 Å². The molecule has 0 aromatic heterocycles. The molecule has 2 heterocycles. The number of carbonyl (C=O) groups is 1. The Morgan fingerprint density at radius 1 is 1.03 bits per heavy atom. The van der Waals surface area contributed by atoms with Crippen molar-refractivity contribution in [3.05, 3.63) is 70.8 Å². The Balaban J connectivity index is 1.50. The lowest BCUT2D eigenvalue weighted by atomic mass is 9.90. The average molecular weight is 484 g/mol. The number of aliphatic hydroxyl groups is 2. The fourth-order valence-corrected chi connectivity index (χ4v) is 4.76. The zero-order valence-electron chi connectivity index (χ0n) is 20.5. The molecule has 2 saturated heterocycles. The van der Waals surface area contributed by atoms with Gasteiger partial charge in [-0.2, -0.15) is 0 Å². The fourth-order valence-electron chi connectivity index (χ4n) is 4.76. The van der Waals surface area contributed by atoms with Crippen LogP contribution in [0.4, 0.5) is 4.79 Å². The zero-order chi connectivity index (χ0) is 24.8. The second-order valence-corrected chi connectivity index (χ2v) is 9.48. The van der Waals surface area contributed by atoms with Gasteiger partial charge in [0, 0.05) is 44.2 Å². The summed E-state index contributed by atoms with van der Waals surface area (Å²) in [6, 6.07) is 15.6. The van der Waals surface area contributed by atoms with Gasteiger partial charge in [-0.25, -0.2) is 4.79 Å². The van der Waals surface area contributed by atoms with E-state index in [4.69, 9.17) is 9.47 Å². The average Bonchev–Trinajstić information content (AvgIpc) is 3.29. The Bertz CT molecular complexity index is 952. The number of urea groups is 1. The monoisotopic (exact) mass is 483 g/mol. The Hall–Kier alpha value is -2.49. The highest BCUT2D eigenvalue weighted by Gasteiger charge is 2.39. The molecular formula is C27H37N3O5. The van der Waals surface area contributed by atoms with E-state index in [1.165, 1.54) is 0 Å². The molecular weight excluding hydrogens is 446 g/mol. The first-order chi connectivity index (χ1) is 17.0. The van der Waals surface area contributed by atoms with Crippen molar-refractivity contribution in [3.63, 3.8) is 0 Å². The van der Waals surface area contributed by atoms with E-state index in [2.05, 4.69) is 22.5 Å². The first-order valence-corrected chi connectivity index (χ1v) is 12.5. The molecule has 0 radical (unpaired) electrons. The van der Waals surface area contributed by atoms with Crippen LogP contribution in [0, 0.1) is 5.92 Å². The first-order valence-electron chi connectivity index (χ1n) is 12.5. The molecule has 4 N–H and O–H groups in total. The second kappa shape index (κ2) is 12.0. The number of β-amino-alcohol motifs (C(OH)–C–C–N with tert-alkyl or cyclic N) is 1.